The first kappa shape index (κ1) is 33.6. The zero-order chi connectivity index (χ0) is 34.2. The highest BCUT2D eigenvalue weighted by atomic mass is 16.5. The van der Waals surface area contributed by atoms with Crippen molar-refractivity contribution >= 4 is 51.8 Å². The number of allylic oxidation sites excluding steroid dienone is 1. The van der Waals surface area contributed by atoms with Gasteiger partial charge in [0.2, 0.25) is 0 Å². The lowest BCUT2D eigenvalue weighted by Gasteiger charge is -2.22. The lowest BCUT2D eigenvalue weighted by atomic mass is 9.99. The van der Waals surface area contributed by atoms with Gasteiger partial charge in [0.05, 0.1) is 52.1 Å². The van der Waals surface area contributed by atoms with Crippen LogP contribution in [0, 0.1) is 0 Å². The Morgan fingerprint density at radius 2 is 1.02 bits per heavy atom. The van der Waals surface area contributed by atoms with Crippen molar-refractivity contribution < 1.29 is 19.1 Å². The van der Waals surface area contributed by atoms with Crippen LogP contribution in [-0.2, 0) is 19.1 Å². The highest BCUT2D eigenvalue weighted by molar-refractivity contribution is 6.29. The van der Waals surface area contributed by atoms with E-state index in [1.165, 1.54) is 0 Å². The molecule has 1 aliphatic heterocycles. The minimum Gasteiger partial charge on any atom is -0.459 e. The summed E-state index contributed by atoms with van der Waals surface area (Å²) in [5, 5.41) is 6.95. The average Bonchev–Trinajstić information content (AvgIpc) is 3.05. The monoisotopic (exact) mass is 640 g/mol. The minimum absolute atomic E-state index is 0.275. The van der Waals surface area contributed by atoms with Gasteiger partial charge in [-0.1, -0.05) is 84.9 Å². The van der Waals surface area contributed by atoms with Gasteiger partial charge in [-0.05, 0) is 71.4 Å². The first-order valence-electron chi connectivity index (χ1n) is 16.0. The first-order valence-corrected chi connectivity index (χ1v) is 16.0. The zero-order valence-electron chi connectivity index (χ0n) is 28.1. The van der Waals surface area contributed by atoms with E-state index in [0.29, 0.717) is 45.6 Å². The number of hydrogen-bond donors (Lipinski definition) is 2. The van der Waals surface area contributed by atoms with Gasteiger partial charge in [-0.2, -0.15) is 0 Å². The first-order chi connectivity index (χ1) is 23.1. The van der Waals surface area contributed by atoms with Crippen LogP contribution < -0.4 is 10.6 Å². The van der Waals surface area contributed by atoms with Crippen LogP contribution in [-0.4, -0.2) is 35.6 Å². The van der Waals surface area contributed by atoms with Crippen molar-refractivity contribution in [2.45, 2.75) is 53.8 Å². The SMILES string of the molecule is CC1=Nc2ccccc2N/C(C)=C(\C(=O)OC(C)C)C(c2ccccc2)=Nc2ccccc2N/C(c2ccccc2)=C/1C(=O)OC(C)C. The standard InChI is InChI=1S/C40H40N4O4/c1-25(2)47-39(45)35-27(5)41-31-21-13-14-22-32(31)42-28(6)36(40(46)48-26(3)4)38(30-19-11-8-12-20-30)44-34-24-16-15-23-33(34)43-37(35)29-17-9-7-10-18-29/h7-26,41,44H,1-6H3/b35-27-,38-36-,42-28?,43-37?. The summed E-state index contributed by atoms with van der Waals surface area (Å²) in [7, 11) is 0. The van der Waals surface area contributed by atoms with Crippen molar-refractivity contribution in [3.63, 3.8) is 0 Å². The van der Waals surface area contributed by atoms with Crippen molar-refractivity contribution in [3.05, 3.63) is 137 Å². The number of para-hydroxylation sites is 4. The number of esters is 2. The smallest absolute Gasteiger partial charge is 0.342 e. The van der Waals surface area contributed by atoms with E-state index in [9.17, 15) is 9.59 Å². The molecule has 1 aliphatic rings. The van der Waals surface area contributed by atoms with Gasteiger partial charge in [-0.25, -0.2) is 14.6 Å². The Morgan fingerprint density at radius 1 is 0.562 bits per heavy atom. The number of aliphatic imine (C=N–C) groups is 2. The molecule has 0 aromatic heterocycles. The van der Waals surface area contributed by atoms with Gasteiger partial charge in [0.15, 0.2) is 0 Å². The summed E-state index contributed by atoms with van der Waals surface area (Å²) < 4.78 is 11.6. The van der Waals surface area contributed by atoms with Crippen LogP contribution in [0.15, 0.2) is 136 Å². The van der Waals surface area contributed by atoms with Crippen LogP contribution in [0.2, 0.25) is 0 Å². The third-order valence-electron chi connectivity index (χ3n) is 7.34. The molecule has 8 heteroatoms. The molecular formula is C40H40N4O4. The van der Waals surface area contributed by atoms with E-state index in [2.05, 4.69) is 10.6 Å². The molecule has 0 aliphatic carbocycles. The maximum absolute atomic E-state index is 14.0. The Bertz CT molecular complexity index is 1920. The van der Waals surface area contributed by atoms with Gasteiger partial charge >= 0.3 is 11.9 Å². The topological polar surface area (TPSA) is 101 Å². The second-order valence-electron chi connectivity index (χ2n) is 11.8. The second-order valence-corrected chi connectivity index (χ2v) is 11.8. The van der Waals surface area contributed by atoms with E-state index in [-0.39, 0.29) is 23.4 Å². The van der Waals surface area contributed by atoms with Crippen LogP contribution >= 0.6 is 0 Å². The summed E-state index contributed by atoms with van der Waals surface area (Å²) in [4.78, 5) is 38.1. The third-order valence-corrected chi connectivity index (χ3v) is 7.34. The van der Waals surface area contributed by atoms with Gasteiger partial charge in [0.25, 0.3) is 0 Å². The lowest BCUT2D eigenvalue weighted by Crippen LogP contribution is -2.24. The third kappa shape index (κ3) is 7.96. The molecular weight excluding hydrogens is 600 g/mol. The molecule has 0 saturated carbocycles. The Morgan fingerprint density at radius 3 is 1.58 bits per heavy atom. The molecule has 244 valence electrons. The number of benzene rings is 4. The predicted octanol–water partition coefficient (Wildman–Crippen LogP) is 9.03. The second kappa shape index (κ2) is 15.2. The van der Waals surface area contributed by atoms with Crippen LogP contribution in [0.25, 0.3) is 5.70 Å². The van der Waals surface area contributed by atoms with Crippen LogP contribution in [0.5, 0.6) is 0 Å². The van der Waals surface area contributed by atoms with E-state index in [1.807, 2.05) is 144 Å². The maximum Gasteiger partial charge on any atom is 0.342 e. The number of carbonyl (C=O) groups excluding carboxylic acids is 2. The van der Waals surface area contributed by atoms with Crippen molar-refractivity contribution in [2.24, 2.45) is 9.98 Å². The van der Waals surface area contributed by atoms with E-state index in [4.69, 9.17) is 19.5 Å². The Hall–Kier alpha value is -5.76. The highest BCUT2D eigenvalue weighted by Crippen LogP contribution is 2.35. The summed E-state index contributed by atoms with van der Waals surface area (Å²) in [6.07, 6.45) is -0.724. The maximum atomic E-state index is 14.0. The van der Waals surface area contributed by atoms with Crippen molar-refractivity contribution in [2.75, 3.05) is 10.6 Å². The van der Waals surface area contributed by atoms with E-state index < -0.39 is 11.9 Å². The predicted molar refractivity (Wildman–Crippen MR) is 194 cm³/mol. The molecule has 0 amide bonds. The van der Waals surface area contributed by atoms with E-state index >= 15 is 0 Å². The number of nitrogens with one attached hydrogen (secondary N) is 2. The molecule has 8 nitrogen and oxygen atoms in total. The fourth-order valence-corrected chi connectivity index (χ4v) is 5.26. The number of nitrogens with zero attached hydrogens (tertiary/aromatic N) is 2. The van der Waals surface area contributed by atoms with E-state index in [1.54, 1.807) is 6.92 Å². The quantitative estimate of drug-likeness (QED) is 0.204. The number of hydrogen-bond acceptors (Lipinski definition) is 8. The molecule has 4 aromatic rings. The number of ether oxygens (including phenoxy) is 2. The summed E-state index contributed by atoms with van der Waals surface area (Å²) in [6, 6.07) is 34.1. The van der Waals surface area contributed by atoms with Gasteiger partial charge in [0.1, 0.15) is 11.1 Å². The Kier molecular flexibility index (Phi) is 10.7. The Labute approximate surface area is 281 Å². The van der Waals surface area contributed by atoms with Crippen LogP contribution in [0.3, 0.4) is 0 Å². The molecule has 0 fully saturated rings. The van der Waals surface area contributed by atoms with Gasteiger partial charge in [-0.15, -0.1) is 0 Å². The van der Waals surface area contributed by atoms with Crippen LogP contribution in [0.1, 0.15) is 52.7 Å². The molecule has 5 rings (SSSR count). The number of fused-ring (bicyclic) bond motifs is 2. The number of anilines is 2. The lowest BCUT2D eigenvalue weighted by molar-refractivity contribution is -0.143. The fraction of sp³-hybridized carbons (Fsp3) is 0.200. The van der Waals surface area contributed by atoms with Crippen molar-refractivity contribution in [3.8, 4) is 0 Å². The van der Waals surface area contributed by atoms with Gasteiger partial charge < -0.3 is 20.1 Å². The molecule has 48 heavy (non-hydrogen) atoms. The molecule has 0 saturated heterocycles. The minimum atomic E-state index is -0.518. The summed E-state index contributed by atoms with van der Waals surface area (Å²) >= 11 is 0. The summed E-state index contributed by atoms with van der Waals surface area (Å²) in [5.74, 6) is -1.04. The van der Waals surface area contributed by atoms with Crippen LogP contribution in [0.4, 0.5) is 22.7 Å². The Balaban J connectivity index is 1.90. The largest absolute Gasteiger partial charge is 0.459 e. The fourth-order valence-electron chi connectivity index (χ4n) is 5.26. The molecule has 2 N–H and O–H groups in total. The molecule has 0 spiro atoms. The highest BCUT2D eigenvalue weighted by Gasteiger charge is 2.27. The van der Waals surface area contributed by atoms with E-state index in [0.717, 1.165) is 11.1 Å². The number of rotatable bonds is 6. The molecule has 0 radical (unpaired) electrons. The zero-order valence-corrected chi connectivity index (χ0v) is 28.1. The van der Waals surface area contributed by atoms with Gasteiger partial charge in [-0.3, -0.25) is 4.99 Å². The molecule has 0 unspecified atom stereocenters. The normalized spacial score (nSPS) is 16.8. The molecule has 0 atom stereocenters. The molecule has 1 heterocycles. The molecule has 0 bridgehead atoms. The van der Waals surface area contributed by atoms with Crippen molar-refractivity contribution in [1.82, 2.24) is 0 Å². The van der Waals surface area contributed by atoms with Gasteiger partial charge in [0, 0.05) is 11.3 Å². The van der Waals surface area contributed by atoms with Crippen molar-refractivity contribution in [1.29, 1.82) is 0 Å². The molecule has 4 aromatic carbocycles. The average molecular weight is 641 g/mol. The summed E-state index contributed by atoms with van der Waals surface area (Å²) in [5.41, 5.74) is 6.22. The summed E-state index contributed by atoms with van der Waals surface area (Å²) in [6.45, 7) is 10.9. The number of carbonyl (C=O) groups is 2.